The molecule has 0 bridgehead atoms. The summed E-state index contributed by atoms with van der Waals surface area (Å²) in [5.41, 5.74) is 4.49. The molecule has 0 radical (unpaired) electrons. The maximum Gasteiger partial charge on any atom is 0.416 e. The first-order valence-electron chi connectivity index (χ1n) is 6.23. The van der Waals surface area contributed by atoms with Crippen molar-refractivity contribution in [3.63, 3.8) is 0 Å². The number of rotatable bonds is 5. The summed E-state index contributed by atoms with van der Waals surface area (Å²) in [6.45, 7) is 0.115. The zero-order valence-corrected chi connectivity index (χ0v) is 13.2. The van der Waals surface area contributed by atoms with E-state index in [1.807, 2.05) is 0 Å². The van der Waals surface area contributed by atoms with Gasteiger partial charge in [-0.2, -0.15) is 13.2 Å². The molecule has 2 rings (SSSR count). The van der Waals surface area contributed by atoms with Crippen molar-refractivity contribution in [2.24, 2.45) is 11.7 Å². The van der Waals surface area contributed by atoms with Crippen LogP contribution in [0.5, 0.6) is 0 Å². The molecule has 118 valence electrons. The van der Waals surface area contributed by atoms with Gasteiger partial charge in [0.05, 0.1) is 10.5 Å². The van der Waals surface area contributed by atoms with Crippen LogP contribution < -0.4 is 10.5 Å². The van der Waals surface area contributed by atoms with Gasteiger partial charge < -0.3 is 5.73 Å². The number of sulfonamides is 1. The van der Waals surface area contributed by atoms with Crippen LogP contribution in [0.25, 0.3) is 0 Å². The van der Waals surface area contributed by atoms with Gasteiger partial charge in [-0.25, -0.2) is 13.1 Å². The molecular weight excluding hydrogens is 373 g/mol. The maximum atomic E-state index is 12.7. The smallest absolute Gasteiger partial charge is 0.329 e. The van der Waals surface area contributed by atoms with Gasteiger partial charge in [-0.3, -0.25) is 0 Å². The fourth-order valence-electron chi connectivity index (χ4n) is 1.98. The van der Waals surface area contributed by atoms with E-state index in [2.05, 4.69) is 20.7 Å². The Hall–Kier alpha value is -0.640. The minimum absolute atomic E-state index is 0.0495. The molecule has 1 aliphatic rings. The first-order chi connectivity index (χ1) is 9.63. The molecule has 1 saturated carbocycles. The van der Waals surface area contributed by atoms with E-state index in [1.165, 1.54) is 0 Å². The standard InChI is InChI=1S/C12H14BrF3N2O2S/c13-9-3-8(12(14,15)16)4-10(5-9)21(19,20)18-11(6-17)7-1-2-7/h3-5,7,11,18H,1-2,6,17H2. The van der Waals surface area contributed by atoms with Crippen molar-refractivity contribution in [1.82, 2.24) is 4.72 Å². The molecule has 1 aliphatic carbocycles. The average Bonchev–Trinajstić information content (AvgIpc) is 3.18. The third kappa shape index (κ3) is 4.18. The van der Waals surface area contributed by atoms with Gasteiger partial charge in [-0.15, -0.1) is 0 Å². The summed E-state index contributed by atoms with van der Waals surface area (Å²) in [5.74, 6) is 0.166. The first-order valence-corrected chi connectivity index (χ1v) is 8.51. The van der Waals surface area contributed by atoms with Crippen LogP contribution in [0, 0.1) is 5.92 Å². The highest BCUT2D eigenvalue weighted by atomic mass is 79.9. The lowest BCUT2D eigenvalue weighted by Crippen LogP contribution is -2.41. The zero-order chi connectivity index (χ0) is 15.8. The van der Waals surface area contributed by atoms with Crippen molar-refractivity contribution < 1.29 is 21.6 Å². The summed E-state index contributed by atoms with van der Waals surface area (Å²) >= 11 is 2.91. The van der Waals surface area contributed by atoms with Gasteiger partial charge in [0, 0.05) is 17.1 Å². The molecule has 0 saturated heterocycles. The highest BCUT2D eigenvalue weighted by Gasteiger charge is 2.35. The second-order valence-corrected chi connectivity index (χ2v) is 7.60. The highest BCUT2D eigenvalue weighted by molar-refractivity contribution is 9.10. The average molecular weight is 387 g/mol. The molecule has 3 N–H and O–H groups in total. The van der Waals surface area contributed by atoms with E-state index in [-0.39, 0.29) is 16.9 Å². The minimum atomic E-state index is -4.61. The summed E-state index contributed by atoms with van der Waals surface area (Å²) in [6, 6.07) is 2.15. The van der Waals surface area contributed by atoms with E-state index in [9.17, 15) is 21.6 Å². The fraction of sp³-hybridized carbons (Fsp3) is 0.500. The topological polar surface area (TPSA) is 72.2 Å². The van der Waals surface area contributed by atoms with E-state index in [1.54, 1.807) is 0 Å². The van der Waals surface area contributed by atoms with E-state index in [4.69, 9.17) is 5.73 Å². The number of benzene rings is 1. The van der Waals surface area contributed by atoms with E-state index >= 15 is 0 Å². The molecule has 0 aromatic heterocycles. The maximum absolute atomic E-state index is 12.7. The number of hydrogen-bond donors (Lipinski definition) is 2. The van der Waals surface area contributed by atoms with Crippen LogP contribution in [-0.4, -0.2) is 21.0 Å². The van der Waals surface area contributed by atoms with Crippen LogP contribution in [0.15, 0.2) is 27.6 Å². The van der Waals surface area contributed by atoms with Gasteiger partial charge in [-0.1, -0.05) is 15.9 Å². The fourth-order valence-corrected chi connectivity index (χ4v) is 4.02. The summed E-state index contributed by atoms with van der Waals surface area (Å²) < 4.78 is 65.1. The Kier molecular flexibility index (Phi) is 4.67. The van der Waals surface area contributed by atoms with Crippen LogP contribution in [0.4, 0.5) is 13.2 Å². The summed E-state index contributed by atoms with van der Waals surface area (Å²) in [6.07, 6.45) is -2.87. The van der Waals surface area contributed by atoms with Crippen molar-refractivity contribution in [2.75, 3.05) is 6.54 Å². The normalized spacial score (nSPS) is 17.8. The molecular formula is C12H14BrF3N2O2S. The predicted octanol–water partition coefficient (Wildman–Crippen LogP) is 2.48. The molecule has 4 nitrogen and oxygen atoms in total. The van der Waals surface area contributed by atoms with Gasteiger partial charge in [0.15, 0.2) is 0 Å². The molecule has 0 heterocycles. The lowest BCUT2D eigenvalue weighted by molar-refractivity contribution is -0.137. The molecule has 1 aromatic carbocycles. The number of hydrogen-bond acceptors (Lipinski definition) is 3. The lowest BCUT2D eigenvalue weighted by atomic mass is 10.2. The molecule has 0 spiro atoms. The van der Waals surface area contributed by atoms with E-state index in [0.29, 0.717) is 6.07 Å². The quantitative estimate of drug-likeness (QED) is 0.816. The molecule has 1 atom stereocenters. The van der Waals surface area contributed by atoms with Gasteiger partial charge in [-0.05, 0) is 37.0 Å². The van der Waals surface area contributed by atoms with Gasteiger partial charge in [0.2, 0.25) is 10.0 Å². The SMILES string of the molecule is NCC(NS(=O)(=O)c1cc(Br)cc(C(F)(F)F)c1)C1CC1. The van der Waals surface area contributed by atoms with Crippen molar-refractivity contribution in [3.8, 4) is 0 Å². The van der Waals surface area contributed by atoms with Gasteiger partial charge >= 0.3 is 6.18 Å². The molecule has 0 amide bonds. The molecule has 21 heavy (non-hydrogen) atoms. The van der Waals surface area contributed by atoms with Crippen LogP contribution in [0.3, 0.4) is 0 Å². The van der Waals surface area contributed by atoms with E-state index in [0.717, 1.165) is 25.0 Å². The third-order valence-electron chi connectivity index (χ3n) is 3.26. The van der Waals surface area contributed by atoms with Crippen molar-refractivity contribution in [1.29, 1.82) is 0 Å². The second-order valence-electron chi connectivity index (χ2n) is 4.97. The number of alkyl halides is 3. The van der Waals surface area contributed by atoms with Crippen LogP contribution in [-0.2, 0) is 16.2 Å². The Morgan fingerprint density at radius 3 is 2.43 bits per heavy atom. The Morgan fingerprint density at radius 1 is 1.33 bits per heavy atom. The number of halogens is 4. The lowest BCUT2D eigenvalue weighted by Gasteiger charge is -2.17. The Labute approximate surface area is 129 Å². The molecule has 1 aromatic rings. The molecule has 1 unspecified atom stereocenters. The third-order valence-corrected chi connectivity index (χ3v) is 5.19. The van der Waals surface area contributed by atoms with Crippen LogP contribution in [0.2, 0.25) is 0 Å². The predicted molar refractivity (Wildman–Crippen MR) is 75.0 cm³/mol. The largest absolute Gasteiger partial charge is 0.416 e. The highest BCUT2D eigenvalue weighted by Crippen LogP contribution is 2.35. The number of nitrogens with two attached hydrogens (primary N) is 1. The van der Waals surface area contributed by atoms with Crippen LogP contribution >= 0.6 is 15.9 Å². The van der Waals surface area contributed by atoms with Crippen molar-refractivity contribution >= 4 is 26.0 Å². The summed E-state index contributed by atoms with van der Waals surface area (Å²) in [5, 5.41) is 0. The second kappa shape index (κ2) is 5.86. The molecule has 9 heteroatoms. The van der Waals surface area contributed by atoms with E-state index < -0.39 is 32.7 Å². The Balaban J connectivity index is 2.33. The Morgan fingerprint density at radius 2 is 1.95 bits per heavy atom. The number of nitrogens with one attached hydrogen (secondary N) is 1. The minimum Gasteiger partial charge on any atom is -0.329 e. The van der Waals surface area contributed by atoms with Crippen molar-refractivity contribution in [3.05, 3.63) is 28.2 Å². The van der Waals surface area contributed by atoms with Crippen molar-refractivity contribution in [2.45, 2.75) is 30.0 Å². The van der Waals surface area contributed by atoms with Gasteiger partial charge in [0.25, 0.3) is 0 Å². The molecule has 1 fully saturated rings. The summed E-state index contributed by atoms with van der Waals surface area (Å²) in [4.78, 5) is -0.427. The monoisotopic (exact) mass is 386 g/mol. The first kappa shape index (κ1) is 16.7. The molecule has 0 aliphatic heterocycles. The zero-order valence-electron chi connectivity index (χ0n) is 10.8. The summed E-state index contributed by atoms with van der Waals surface area (Å²) in [7, 11) is -4.04. The van der Waals surface area contributed by atoms with Crippen LogP contribution in [0.1, 0.15) is 18.4 Å². The Bertz CT molecular complexity index is 630. The van der Waals surface area contributed by atoms with Gasteiger partial charge in [0.1, 0.15) is 0 Å².